The molecule has 0 aromatic heterocycles. The Morgan fingerprint density at radius 2 is 1.86 bits per heavy atom. The summed E-state index contributed by atoms with van der Waals surface area (Å²) in [5, 5.41) is 3.95. The highest BCUT2D eigenvalue weighted by molar-refractivity contribution is 5.81. The third kappa shape index (κ3) is 3.60. The lowest BCUT2D eigenvalue weighted by Crippen LogP contribution is -2.15. The van der Waals surface area contributed by atoms with E-state index in [9.17, 15) is 0 Å². The first kappa shape index (κ1) is 10.8. The van der Waals surface area contributed by atoms with Crippen molar-refractivity contribution in [2.45, 2.75) is 33.3 Å². The van der Waals surface area contributed by atoms with Crippen molar-refractivity contribution < 1.29 is 4.84 Å². The summed E-state index contributed by atoms with van der Waals surface area (Å²) in [7, 11) is 0. The molecule has 1 rings (SSSR count). The number of hydrogen-bond acceptors (Lipinski definition) is 2. The molecule has 0 amide bonds. The van der Waals surface area contributed by atoms with E-state index in [0.29, 0.717) is 0 Å². The van der Waals surface area contributed by atoms with E-state index in [-0.39, 0.29) is 5.60 Å². The summed E-state index contributed by atoms with van der Waals surface area (Å²) in [5.74, 6) is 0. The number of nitrogens with zero attached hydrogens (tertiary/aromatic N) is 1. The quantitative estimate of drug-likeness (QED) is 0.520. The lowest BCUT2D eigenvalue weighted by Gasteiger charge is -2.14. The summed E-state index contributed by atoms with van der Waals surface area (Å²) in [4.78, 5) is 5.26. The first-order valence-corrected chi connectivity index (χ1v) is 4.76. The van der Waals surface area contributed by atoms with Crippen molar-refractivity contribution in [3.8, 4) is 0 Å². The molecule has 0 aliphatic carbocycles. The molecular weight excluding hydrogens is 174 g/mol. The lowest BCUT2D eigenvalue weighted by atomic mass is 10.1. The van der Waals surface area contributed by atoms with Gasteiger partial charge in [0.25, 0.3) is 0 Å². The van der Waals surface area contributed by atoms with Crippen LogP contribution in [-0.4, -0.2) is 11.8 Å². The Hall–Kier alpha value is -1.31. The fourth-order valence-corrected chi connectivity index (χ4v) is 0.973. The Bertz CT molecular complexity index is 323. The molecule has 0 atom stereocenters. The molecule has 2 heteroatoms. The maximum absolute atomic E-state index is 5.26. The van der Waals surface area contributed by atoms with E-state index in [0.717, 1.165) is 5.56 Å². The monoisotopic (exact) mass is 191 g/mol. The van der Waals surface area contributed by atoms with Gasteiger partial charge in [-0.05, 0) is 38.8 Å². The Labute approximate surface area is 85.6 Å². The molecule has 0 radical (unpaired) electrons. The number of oxime groups is 1. The third-order valence-electron chi connectivity index (χ3n) is 1.71. The second-order valence-corrected chi connectivity index (χ2v) is 4.29. The van der Waals surface area contributed by atoms with Crippen molar-refractivity contribution in [3.63, 3.8) is 0 Å². The van der Waals surface area contributed by atoms with Crippen LogP contribution in [0.15, 0.2) is 29.4 Å². The maximum Gasteiger partial charge on any atom is 0.129 e. The van der Waals surface area contributed by atoms with Gasteiger partial charge in [-0.25, -0.2) is 0 Å². The Kier molecular flexibility index (Phi) is 3.28. The Morgan fingerprint density at radius 1 is 1.21 bits per heavy atom. The van der Waals surface area contributed by atoms with Crippen molar-refractivity contribution in [2.24, 2.45) is 5.16 Å². The highest BCUT2D eigenvalue weighted by atomic mass is 16.6. The predicted octanol–water partition coefficient (Wildman–Crippen LogP) is 3.14. The van der Waals surface area contributed by atoms with Gasteiger partial charge in [0.1, 0.15) is 5.60 Å². The first-order chi connectivity index (χ1) is 6.49. The van der Waals surface area contributed by atoms with Gasteiger partial charge in [-0.3, -0.25) is 0 Å². The van der Waals surface area contributed by atoms with E-state index < -0.39 is 0 Å². The molecule has 0 aliphatic rings. The van der Waals surface area contributed by atoms with Crippen LogP contribution < -0.4 is 0 Å². The highest BCUT2D eigenvalue weighted by Crippen LogP contribution is 2.08. The lowest BCUT2D eigenvalue weighted by molar-refractivity contribution is 0.00199. The summed E-state index contributed by atoms with van der Waals surface area (Å²) in [6.07, 6.45) is 1.75. The van der Waals surface area contributed by atoms with Gasteiger partial charge in [-0.2, -0.15) is 0 Å². The third-order valence-corrected chi connectivity index (χ3v) is 1.71. The smallest absolute Gasteiger partial charge is 0.129 e. The van der Waals surface area contributed by atoms with Gasteiger partial charge in [0, 0.05) is 0 Å². The van der Waals surface area contributed by atoms with Crippen molar-refractivity contribution in [2.75, 3.05) is 0 Å². The van der Waals surface area contributed by atoms with Crippen LogP contribution >= 0.6 is 0 Å². The second-order valence-electron chi connectivity index (χ2n) is 4.29. The summed E-state index contributed by atoms with van der Waals surface area (Å²) in [5.41, 5.74) is 2.07. The van der Waals surface area contributed by atoms with E-state index in [4.69, 9.17) is 4.84 Å². The Balaban J connectivity index is 2.65. The molecule has 76 valence electrons. The van der Waals surface area contributed by atoms with Crippen molar-refractivity contribution in [3.05, 3.63) is 35.4 Å². The molecule has 0 unspecified atom stereocenters. The molecule has 0 aliphatic heterocycles. The SMILES string of the molecule is Cc1ccccc1/C=N/OC(C)(C)C. The van der Waals surface area contributed by atoms with E-state index in [1.165, 1.54) is 5.56 Å². The number of aryl methyl sites for hydroxylation is 1. The molecule has 14 heavy (non-hydrogen) atoms. The standard InChI is InChI=1S/C12H17NO/c1-10-7-5-6-8-11(10)9-13-14-12(2,3)4/h5-9H,1-4H3/b13-9+. The maximum atomic E-state index is 5.26. The zero-order valence-corrected chi connectivity index (χ0v) is 9.24. The van der Waals surface area contributed by atoms with Gasteiger partial charge < -0.3 is 4.84 Å². The molecule has 1 aromatic rings. The fraction of sp³-hybridized carbons (Fsp3) is 0.417. The predicted molar refractivity (Wildman–Crippen MR) is 59.6 cm³/mol. The van der Waals surface area contributed by atoms with Crippen LogP contribution in [0.5, 0.6) is 0 Å². The largest absolute Gasteiger partial charge is 0.390 e. The zero-order valence-electron chi connectivity index (χ0n) is 9.24. The van der Waals surface area contributed by atoms with Crippen molar-refractivity contribution in [1.29, 1.82) is 0 Å². The van der Waals surface area contributed by atoms with Gasteiger partial charge in [0.05, 0.1) is 6.21 Å². The molecule has 0 bridgehead atoms. The normalized spacial score (nSPS) is 12.0. The molecule has 2 nitrogen and oxygen atoms in total. The van der Waals surface area contributed by atoms with Crippen LogP contribution in [-0.2, 0) is 4.84 Å². The highest BCUT2D eigenvalue weighted by Gasteiger charge is 2.09. The van der Waals surface area contributed by atoms with Crippen LogP contribution in [0, 0.1) is 6.92 Å². The van der Waals surface area contributed by atoms with Crippen molar-refractivity contribution >= 4 is 6.21 Å². The molecule has 0 saturated carbocycles. The number of hydrogen-bond donors (Lipinski definition) is 0. The topological polar surface area (TPSA) is 21.6 Å². The van der Waals surface area contributed by atoms with Crippen LogP contribution in [0.4, 0.5) is 0 Å². The molecule has 0 saturated heterocycles. The van der Waals surface area contributed by atoms with Gasteiger partial charge >= 0.3 is 0 Å². The van der Waals surface area contributed by atoms with Crippen LogP contribution in [0.2, 0.25) is 0 Å². The van der Waals surface area contributed by atoms with E-state index in [1.54, 1.807) is 6.21 Å². The summed E-state index contributed by atoms with van der Waals surface area (Å²) in [6, 6.07) is 8.08. The van der Waals surface area contributed by atoms with E-state index >= 15 is 0 Å². The summed E-state index contributed by atoms with van der Waals surface area (Å²) >= 11 is 0. The van der Waals surface area contributed by atoms with E-state index in [2.05, 4.69) is 18.1 Å². The second kappa shape index (κ2) is 4.27. The molecular formula is C12H17NO. The molecule has 0 heterocycles. The van der Waals surface area contributed by atoms with Gasteiger partial charge in [0.2, 0.25) is 0 Å². The van der Waals surface area contributed by atoms with Crippen LogP contribution in [0.25, 0.3) is 0 Å². The molecule has 0 N–H and O–H groups in total. The average molecular weight is 191 g/mol. The molecule has 0 spiro atoms. The van der Waals surface area contributed by atoms with Gasteiger partial charge in [0.15, 0.2) is 0 Å². The summed E-state index contributed by atoms with van der Waals surface area (Å²) < 4.78 is 0. The zero-order chi connectivity index (χ0) is 10.6. The minimum atomic E-state index is -0.223. The minimum Gasteiger partial charge on any atom is -0.390 e. The van der Waals surface area contributed by atoms with Crippen LogP contribution in [0.3, 0.4) is 0 Å². The number of rotatable bonds is 2. The first-order valence-electron chi connectivity index (χ1n) is 4.76. The Morgan fingerprint density at radius 3 is 2.43 bits per heavy atom. The van der Waals surface area contributed by atoms with Crippen molar-refractivity contribution in [1.82, 2.24) is 0 Å². The number of benzene rings is 1. The van der Waals surface area contributed by atoms with E-state index in [1.807, 2.05) is 39.0 Å². The van der Waals surface area contributed by atoms with Gasteiger partial charge in [-0.15, -0.1) is 0 Å². The minimum absolute atomic E-state index is 0.223. The summed E-state index contributed by atoms with van der Waals surface area (Å²) in [6.45, 7) is 7.98. The molecule has 0 fully saturated rings. The van der Waals surface area contributed by atoms with Gasteiger partial charge in [-0.1, -0.05) is 29.4 Å². The molecule has 1 aromatic carbocycles. The van der Waals surface area contributed by atoms with Crippen LogP contribution in [0.1, 0.15) is 31.9 Å². The average Bonchev–Trinajstić information content (AvgIpc) is 2.06. The fourth-order valence-electron chi connectivity index (χ4n) is 0.973.